The van der Waals surface area contributed by atoms with Crippen molar-refractivity contribution in [2.24, 2.45) is 0 Å². The summed E-state index contributed by atoms with van der Waals surface area (Å²) in [7, 11) is 5.51. The highest BCUT2D eigenvalue weighted by atomic mass is 16.6. The Morgan fingerprint density at radius 3 is 1.13 bits per heavy atom. The molecule has 2 atom stereocenters. The van der Waals surface area contributed by atoms with E-state index in [4.69, 9.17) is 14.2 Å². The van der Waals surface area contributed by atoms with Gasteiger partial charge in [-0.3, -0.25) is 9.59 Å². The summed E-state index contributed by atoms with van der Waals surface area (Å²) in [5.41, 5.74) is 0. The van der Waals surface area contributed by atoms with Crippen LogP contribution in [0.3, 0.4) is 0 Å². The van der Waals surface area contributed by atoms with Crippen LogP contribution in [0.25, 0.3) is 0 Å². The van der Waals surface area contributed by atoms with Crippen molar-refractivity contribution in [2.45, 2.75) is 193 Å². The predicted molar refractivity (Wildman–Crippen MR) is 293 cm³/mol. The van der Waals surface area contributed by atoms with Crippen LogP contribution in [0.2, 0.25) is 0 Å². The molecule has 0 aromatic heterocycles. The van der Waals surface area contributed by atoms with Gasteiger partial charge in [-0.2, -0.15) is 0 Å². The number of hydrogen-bond acceptors (Lipinski definition) is 6. The Morgan fingerprint density at radius 1 is 0.435 bits per heavy atom. The molecule has 1 N–H and O–H groups in total. The SMILES string of the molecule is CC/C=C/C/C=C/C/C=C/C/C=C/C/C=C/C/C=C/CCCCCCC(=O)OC(COCCC(C(=O)O)[N+](C)(C)C)COC(=O)CCCCCCCC/C=C/C/C=C/C/C=C/C/C=C/C/C=C/CC. The monoisotopic (exact) mass is 957 g/mol. The van der Waals surface area contributed by atoms with Crippen molar-refractivity contribution >= 4 is 17.9 Å². The zero-order chi connectivity index (χ0) is 50.6. The van der Waals surface area contributed by atoms with Gasteiger partial charge in [-0.15, -0.1) is 0 Å². The third kappa shape index (κ3) is 48.3. The number of allylic oxidation sites excluding steroid dienone is 22. The van der Waals surface area contributed by atoms with E-state index >= 15 is 0 Å². The van der Waals surface area contributed by atoms with Crippen molar-refractivity contribution in [3.8, 4) is 0 Å². The van der Waals surface area contributed by atoms with Crippen LogP contribution in [0.1, 0.15) is 181 Å². The summed E-state index contributed by atoms with van der Waals surface area (Å²) in [5, 5.41) is 9.67. The number of esters is 2. The Bertz CT molecular complexity index is 1580. The summed E-state index contributed by atoms with van der Waals surface area (Å²) in [6.45, 7) is 4.45. The molecule has 0 aromatic carbocycles. The zero-order valence-electron chi connectivity index (χ0n) is 44.2. The average molecular weight is 957 g/mol. The first kappa shape index (κ1) is 64.5. The van der Waals surface area contributed by atoms with E-state index in [9.17, 15) is 19.5 Å². The molecule has 0 radical (unpaired) electrons. The molecule has 0 aliphatic heterocycles. The number of likely N-dealkylation sites (N-methyl/N-ethyl adjacent to an activating group) is 1. The molecule has 8 heteroatoms. The lowest BCUT2D eigenvalue weighted by molar-refractivity contribution is -0.887. The maximum Gasteiger partial charge on any atom is 0.362 e. The second-order valence-electron chi connectivity index (χ2n) is 18.4. The number of unbranched alkanes of at least 4 members (excludes halogenated alkanes) is 10. The lowest BCUT2D eigenvalue weighted by Gasteiger charge is -2.31. The van der Waals surface area contributed by atoms with Crippen LogP contribution in [0.5, 0.6) is 0 Å². The molecular formula is C61H98NO7+. The van der Waals surface area contributed by atoms with Gasteiger partial charge < -0.3 is 23.8 Å². The van der Waals surface area contributed by atoms with Crippen LogP contribution < -0.4 is 0 Å². The Morgan fingerprint density at radius 2 is 0.768 bits per heavy atom. The quantitative estimate of drug-likeness (QED) is 0.0281. The van der Waals surface area contributed by atoms with Crippen molar-refractivity contribution < 1.29 is 38.2 Å². The minimum absolute atomic E-state index is 0.0358. The molecule has 69 heavy (non-hydrogen) atoms. The van der Waals surface area contributed by atoms with Crippen LogP contribution in [-0.4, -0.2) is 80.6 Å². The normalized spacial score (nSPS) is 13.9. The van der Waals surface area contributed by atoms with E-state index < -0.39 is 18.1 Å². The third-order valence-electron chi connectivity index (χ3n) is 11.0. The summed E-state index contributed by atoms with van der Waals surface area (Å²) in [6, 6.07) is -0.632. The summed E-state index contributed by atoms with van der Waals surface area (Å²) < 4.78 is 17.3. The van der Waals surface area contributed by atoms with E-state index in [0.29, 0.717) is 12.8 Å². The van der Waals surface area contributed by atoms with Gasteiger partial charge in [-0.1, -0.05) is 186 Å². The second-order valence-corrected chi connectivity index (χ2v) is 18.4. The molecule has 0 rings (SSSR count). The van der Waals surface area contributed by atoms with Crippen LogP contribution in [0, 0.1) is 0 Å². The molecule has 0 bridgehead atoms. The molecule has 0 fully saturated rings. The molecular weight excluding hydrogens is 859 g/mol. The summed E-state index contributed by atoms with van der Waals surface area (Å²) in [6.07, 6.45) is 72.1. The van der Waals surface area contributed by atoms with Gasteiger partial charge in [0.2, 0.25) is 0 Å². The molecule has 388 valence electrons. The van der Waals surface area contributed by atoms with Gasteiger partial charge in [0, 0.05) is 19.3 Å². The van der Waals surface area contributed by atoms with E-state index in [-0.39, 0.29) is 42.7 Å². The van der Waals surface area contributed by atoms with E-state index in [1.807, 2.05) is 21.1 Å². The fourth-order valence-corrected chi connectivity index (χ4v) is 7.00. The van der Waals surface area contributed by atoms with Crippen LogP contribution in [-0.2, 0) is 28.6 Å². The number of nitrogens with zero attached hydrogens (tertiary/aromatic N) is 1. The summed E-state index contributed by atoms with van der Waals surface area (Å²) in [5.74, 6) is -1.54. The first-order chi connectivity index (χ1) is 33.6. The molecule has 0 aromatic rings. The fraction of sp³-hybridized carbons (Fsp3) is 0.590. The smallest absolute Gasteiger partial charge is 0.362 e. The average Bonchev–Trinajstić information content (AvgIpc) is 3.31. The molecule has 0 heterocycles. The Labute approximate surface area is 422 Å². The fourth-order valence-electron chi connectivity index (χ4n) is 7.00. The number of carbonyl (C=O) groups is 3. The summed E-state index contributed by atoms with van der Waals surface area (Å²) in [4.78, 5) is 37.2. The van der Waals surface area contributed by atoms with Gasteiger partial charge in [0.1, 0.15) is 6.61 Å². The van der Waals surface area contributed by atoms with Crippen molar-refractivity contribution in [1.29, 1.82) is 0 Å². The number of rotatable bonds is 46. The minimum Gasteiger partial charge on any atom is -0.477 e. The predicted octanol–water partition coefficient (Wildman–Crippen LogP) is 15.9. The van der Waals surface area contributed by atoms with Gasteiger partial charge in [0.25, 0.3) is 0 Å². The lowest BCUT2D eigenvalue weighted by atomic mass is 10.1. The number of carboxylic acid groups (broad SMARTS) is 1. The zero-order valence-corrected chi connectivity index (χ0v) is 44.2. The Kier molecular flexibility index (Phi) is 46.6. The molecule has 0 amide bonds. The Balaban J connectivity index is 4.36. The lowest BCUT2D eigenvalue weighted by Crippen LogP contribution is -2.50. The number of carbonyl (C=O) groups excluding carboxylic acids is 2. The molecule has 0 aliphatic carbocycles. The molecule has 0 spiro atoms. The van der Waals surface area contributed by atoms with Crippen LogP contribution in [0.15, 0.2) is 134 Å². The van der Waals surface area contributed by atoms with E-state index in [2.05, 4.69) is 148 Å². The van der Waals surface area contributed by atoms with Gasteiger partial charge in [-0.05, 0) is 109 Å². The van der Waals surface area contributed by atoms with Gasteiger partial charge >= 0.3 is 17.9 Å². The molecule has 0 saturated carbocycles. The van der Waals surface area contributed by atoms with Crippen LogP contribution in [0.4, 0.5) is 0 Å². The topological polar surface area (TPSA) is 99.1 Å². The molecule has 2 unspecified atom stereocenters. The largest absolute Gasteiger partial charge is 0.477 e. The first-order valence-corrected chi connectivity index (χ1v) is 26.7. The second kappa shape index (κ2) is 49.9. The van der Waals surface area contributed by atoms with E-state index in [0.717, 1.165) is 135 Å². The van der Waals surface area contributed by atoms with Gasteiger partial charge in [0.15, 0.2) is 12.1 Å². The van der Waals surface area contributed by atoms with Gasteiger partial charge in [-0.25, -0.2) is 4.79 Å². The number of ether oxygens (including phenoxy) is 3. The number of carboxylic acids is 1. The molecule has 0 aliphatic rings. The van der Waals surface area contributed by atoms with Crippen molar-refractivity contribution in [3.63, 3.8) is 0 Å². The van der Waals surface area contributed by atoms with E-state index in [1.54, 1.807) is 0 Å². The maximum atomic E-state index is 12.8. The van der Waals surface area contributed by atoms with Crippen LogP contribution >= 0.6 is 0 Å². The number of quaternary nitrogens is 1. The highest BCUT2D eigenvalue weighted by Crippen LogP contribution is 2.13. The standard InChI is InChI=1S/C61H97NO7/c1-6-8-10-12-14-16-18-20-22-24-26-28-30-32-34-36-38-40-42-44-46-48-50-52-60(64)69-57(55-67-54-53-58(61(65)66)62(3,4)5)56-68-59(63)51-49-47-45-43-41-39-37-35-33-31-29-27-25-23-21-19-17-15-13-11-9-7-2/h8-11,14-17,20-23,26-29,32-35,38,40,57-58H,6-7,12-13,18-19,24-25,30-31,36-37,39,41-56H2,1-5H3/p+1/b10-8+,11-9+,16-14+,17-15+,22-20+,23-21+,28-26+,29-27+,34-32+,35-33+,40-38+. The Hall–Kier alpha value is -4.53. The highest BCUT2D eigenvalue weighted by molar-refractivity contribution is 5.72. The van der Waals surface area contributed by atoms with E-state index in [1.165, 1.54) is 12.8 Å². The van der Waals surface area contributed by atoms with Gasteiger partial charge in [0.05, 0.1) is 34.4 Å². The highest BCUT2D eigenvalue weighted by Gasteiger charge is 2.31. The third-order valence-corrected chi connectivity index (χ3v) is 11.0. The van der Waals surface area contributed by atoms with Crippen molar-refractivity contribution in [2.75, 3.05) is 41.0 Å². The number of aliphatic carboxylic acids is 1. The molecule has 8 nitrogen and oxygen atoms in total. The van der Waals surface area contributed by atoms with Crippen molar-refractivity contribution in [1.82, 2.24) is 0 Å². The summed E-state index contributed by atoms with van der Waals surface area (Å²) >= 11 is 0. The molecule has 0 saturated heterocycles. The number of hydrogen-bond donors (Lipinski definition) is 1. The maximum absolute atomic E-state index is 12.8. The minimum atomic E-state index is -0.887. The van der Waals surface area contributed by atoms with Crippen molar-refractivity contribution in [3.05, 3.63) is 134 Å². The first-order valence-electron chi connectivity index (χ1n) is 26.7.